The Hall–Kier alpha value is -2.05. The smallest absolute Gasteiger partial charge is 0.272 e. The fraction of sp³-hybridized carbons (Fsp3) is 0.0833. The van der Waals surface area contributed by atoms with E-state index >= 15 is 0 Å². The number of benzene rings is 1. The monoisotopic (exact) mass is 314 g/mol. The van der Waals surface area contributed by atoms with Crippen LogP contribution in [-0.2, 0) is 0 Å². The van der Waals surface area contributed by atoms with Gasteiger partial charge in [0.15, 0.2) is 17.2 Å². The van der Waals surface area contributed by atoms with E-state index in [0.29, 0.717) is 10.4 Å². The van der Waals surface area contributed by atoms with Gasteiger partial charge < -0.3 is 9.94 Å². The molecule has 0 saturated heterocycles. The molecule has 0 aliphatic rings. The summed E-state index contributed by atoms with van der Waals surface area (Å²) in [5.74, 6) is 0.283. The molecule has 20 heavy (non-hydrogen) atoms. The topological polar surface area (TPSA) is 79.3 Å². The summed E-state index contributed by atoms with van der Waals surface area (Å²) >= 11 is 11.8. The lowest BCUT2D eigenvalue weighted by Gasteiger charge is -2.09. The first kappa shape index (κ1) is 14.4. The average molecular weight is 315 g/mol. The van der Waals surface area contributed by atoms with Crippen LogP contribution in [0, 0.1) is 22.2 Å². The molecule has 2 aromatic rings. The van der Waals surface area contributed by atoms with Crippen LogP contribution in [0.3, 0.4) is 0 Å². The van der Waals surface area contributed by atoms with E-state index in [0.717, 1.165) is 12.1 Å². The van der Waals surface area contributed by atoms with Crippen molar-refractivity contribution in [1.82, 2.24) is 0 Å². The quantitative estimate of drug-likeness (QED) is 0.375. The number of aromatic nitrogens is 1. The highest BCUT2D eigenvalue weighted by molar-refractivity contribution is 6.37. The third-order valence-electron chi connectivity index (χ3n) is 2.49. The van der Waals surface area contributed by atoms with E-state index < -0.39 is 4.92 Å². The standard InChI is InChI=1S/C12H8Cl2N2O4/c1-7-2-3-9(6-15(7)17)20-12-10(13)4-8(16(18)19)5-11(12)14/h2-6H,1H3. The van der Waals surface area contributed by atoms with Crippen LogP contribution in [0.5, 0.6) is 11.5 Å². The maximum atomic E-state index is 11.4. The van der Waals surface area contributed by atoms with Crippen LogP contribution in [-0.4, -0.2) is 4.92 Å². The molecule has 1 heterocycles. The zero-order chi connectivity index (χ0) is 14.9. The van der Waals surface area contributed by atoms with Crippen molar-refractivity contribution < 1.29 is 14.4 Å². The Morgan fingerprint density at radius 3 is 2.35 bits per heavy atom. The predicted molar refractivity (Wildman–Crippen MR) is 73.3 cm³/mol. The van der Waals surface area contributed by atoms with Gasteiger partial charge in [-0.15, -0.1) is 0 Å². The molecule has 0 radical (unpaired) electrons. The molecule has 0 unspecified atom stereocenters. The zero-order valence-corrected chi connectivity index (χ0v) is 11.7. The number of halogens is 2. The number of nitrogens with zero attached hydrogens (tertiary/aromatic N) is 2. The summed E-state index contributed by atoms with van der Waals surface area (Å²) in [7, 11) is 0. The molecule has 1 aromatic carbocycles. The van der Waals surface area contributed by atoms with Crippen molar-refractivity contribution >= 4 is 28.9 Å². The van der Waals surface area contributed by atoms with E-state index in [1.54, 1.807) is 19.1 Å². The molecule has 0 fully saturated rings. The Balaban J connectivity index is 2.38. The average Bonchev–Trinajstić information content (AvgIpc) is 2.37. The maximum absolute atomic E-state index is 11.4. The van der Waals surface area contributed by atoms with E-state index in [1.165, 1.54) is 6.20 Å². The van der Waals surface area contributed by atoms with Gasteiger partial charge >= 0.3 is 0 Å². The minimum Gasteiger partial charge on any atom is -0.618 e. The van der Waals surface area contributed by atoms with E-state index in [9.17, 15) is 15.3 Å². The Bertz CT molecular complexity index is 668. The van der Waals surface area contributed by atoms with Gasteiger partial charge in [0.25, 0.3) is 5.69 Å². The Morgan fingerprint density at radius 1 is 1.25 bits per heavy atom. The van der Waals surface area contributed by atoms with Gasteiger partial charge in [0.2, 0.25) is 6.20 Å². The van der Waals surface area contributed by atoms with Gasteiger partial charge in [-0.2, -0.15) is 4.73 Å². The molecule has 0 aliphatic carbocycles. The highest BCUT2D eigenvalue weighted by atomic mass is 35.5. The lowest BCUT2D eigenvalue weighted by Crippen LogP contribution is -2.28. The van der Waals surface area contributed by atoms with Crippen molar-refractivity contribution in [3.05, 3.63) is 61.5 Å². The minimum absolute atomic E-state index is 0.0118. The van der Waals surface area contributed by atoms with Gasteiger partial charge in [0, 0.05) is 25.1 Å². The molecule has 2 rings (SSSR count). The van der Waals surface area contributed by atoms with Crippen LogP contribution in [0.1, 0.15) is 5.69 Å². The second-order valence-electron chi connectivity index (χ2n) is 3.93. The normalized spacial score (nSPS) is 10.3. The van der Waals surface area contributed by atoms with Gasteiger partial charge in [-0.25, -0.2) is 0 Å². The van der Waals surface area contributed by atoms with Gasteiger partial charge in [0.1, 0.15) is 0 Å². The minimum atomic E-state index is -0.612. The highest BCUT2D eigenvalue weighted by Crippen LogP contribution is 2.39. The lowest BCUT2D eigenvalue weighted by atomic mass is 10.3. The molecule has 0 bridgehead atoms. The number of ether oxygens (including phenoxy) is 1. The van der Waals surface area contributed by atoms with Crippen LogP contribution >= 0.6 is 23.2 Å². The van der Waals surface area contributed by atoms with Crippen LogP contribution in [0.15, 0.2) is 30.5 Å². The first-order valence-electron chi connectivity index (χ1n) is 5.39. The van der Waals surface area contributed by atoms with Gasteiger partial charge in [-0.1, -0.05) is 23.2 Å². The molecular weight excluding hydrogens is 307 g/mol. The van der Waals surface area contributed by atoms with Crippen LogP contribution < -0.4 is 9.47 Å². The number of pyridine rings is 1. The van der Waals surface area contributed by atoms with Crippen LogP contribution in [0.2, 0.25) is 10.0 Å². The Labute approximate surface area is 123 Å². The molecule has 6 nitrogen and oxygen atoms in total. The molecule has 0 saturated carbocycles. The Morgan fingerprint density at radius 2 is 1.85 bits per heavy atom. The number of non-ortho nitro benzene ring substituents is 1. The van der Waals surface area contributed by atoms with Crippen LogP contribution in [0.25, 0.3) is 0 Å². The van der Waals surface area contributed by atoms with Crippen molar-refractivity contribution in [3.63, 3.8) is 0 Å². The van der Waals surface area contributed by atoms with E-state index in [2.05, 4.69) is 0 Å². The highest BCUT2D eigenvalue weighted by Gasteiger charge is 2.17. The Kier molecular flexibility index (Phi) is 3.96. The molecule has 0 N–H and O–H groups in total. The summed E-state index contributed by atoms with van der Waals surface area (Å²) in [5, 5.41) is 22.1. The summed E-state index contributed by atoms with van der Waals surface area (Å²) in [4.78, 5) is 10.0. The first-order valence-corrected chi connectivity index (χ1v) is 6.15. The summed E-state index contributed by atoms with van der Waals surface area (Å²) < 4.78 is 6.03. The molecule has 0 aliphatic heterocycles. The van der Waals surface area contributed by atoms with Crippen molar-refractivity contribution in [2.75, 3.05) is 0 Å². The molecule has 0 atom stereocenters. The van der Waals surface area contributed by atoms with Gasteiger partial charge in [-0.3, -0.25) is 10.1 Å². The zero-order valence-electron chi connectivity index (χ0n) is 10.2. The molecule has 8 heteroatoms. The SMILES string of the molecule is Cc1ccc(Oc2c(Cl)cc([N+](=O)[O-])cc2Cl)c[n+]1[O-]. The maximum Gasteiger partial charge on any atom is 0.272 e. The summed E-state index contributed by atoms with van der Waals surface area (Å²) in [6, 6.07) is 5.39. The fourth-order valence-corrected chi connectivity index (χ4v) is 2.02. The second kappa shape index (κ2) is 5.52. The third kappa shape index (κ3) is 2.92. The molecule has 0 amide bonds. The summed E-state index contributed by atoms with van der Waals surface area (Å²) in [6.07, 6.45) is 1.21. The van der Waals surface area contributed by atoms with Crippen LogP contribution in [0.4, 0.5) is 5.69 Å². The number of nitro groups is 1. The molecule has 0 spiro atoms. The third-order valence-corrected chi connectivity index (χ3v) is 3.06. The first-order chi connectivity index (χ1) is 9.38. The van der Waals surface area contributed by atoms with Gasteiger partial charge in [-0.05, 0) is 6.07 Å². The van der Waals surface area contributed by atoms with E-state index in [1.807, 2.05) is 0 Å². The molecular formula is C12H8Cl2N2O4. The summed E-state index contributed by atoms with van der Waals surface area (Å²) in [6.45, 7) is 1.64. The number of hydrogen-bond donors (Lipinski definition) is 0. The molecule has 104 valence electrons. The van der Waals surface area contributed by atoms with Gasteiger partial charge in [0.05, 0.1) is 15.0 Å². The van der Waals surface area contributed by atoms with Crippen molar-refractivity contribution in [2.45, 2.75) is 6.92 Å². The van der Waals surface area contributed by atoms with E-state index in [-0.39, 0.29) is 27.2 Å². The largest absolute Gasteiger partial charge is 0.618 e. The predicted octanol–water partition coefficient (Wildman–Crippen LogP) is 3.64. The number of rotatable bonds is 3. The fourth-order valence-electron chi connectivity index (χ4n) is 1.46. The van der Waals surface area contributed by atoms with E-state index in [4.69, 9.17) is 27.9 Å². The van der Waals surface area contributed by atoms with Crippen molar-refractivity contribution in [2.24, 2.45) is 0 Å². The molecule has 1 aromatic heterocycles. The number of aryl methyl sites for hydroxylation is 1. The van der Waals surface area contributed by atoms with Crippen molar-refractivity contribution in [1.29, 1.82) is 0 Å². The number of hydrogen-bond acceptors (Lipinski definition) is 4. The lowest BCUT2D eigenvalue weighted by molar-refractivity contribution is -0.612. The van der Waals surface area contributed by atoms with Crippen molar-refractivity contribution in [3.8, 4) is 11.5 Å². The number of nitro benzene ring substituents is 1. The summed E-state index contributed by atoms with van der Waals surface area (Å²) in [5.41, 5.74) is 0.258. The second-order valence-corrected chi connectivity index (χ2v) is 4.74.